The molecular formula is C64H107N7O46. The maximum Gasteiger partial charge on any atom is 0.217 e. The summed E-state index contributed by atoms with van der Waals surface area (Å²) in [6.45, 7) is -6.63. The maximum absolute atomic E-state index is 13.1. The minimum atomic E-state index is -2.59. The molecule has 28 N–H and O–H groups in total. The number of rotatable bonds is 33. The highest BCUT2D eigenvalue weighted by Gasteiger charge is 2.61. The van der Waals surface area contributed by atoms with Crippen molar-refractivity contribution in [2.24, 2.45) is 5.11 Å². The van der Waals surface area contributed by atoms with Crippen molar-refractivity contribution < 1.29 is 227 Å². The number of nitrogens with one attached hydrogen (secondary N) is 4. The SMILES string of the molecule is CC(=O)NC1C(OC2C(OCC3OC(OC4C(CO)OC(OC5C(CO)OC(OCCN=[N+]=[N-])C(NC(C)=O)C5O)C(NC(C)=O)C4O)C(O)C(OC4OC(CO)C(O)C(O)C4OC4OC(CO)C(OC5OC(CO)C(O)C(O)C5O)C(O)C4NC(C)=O)C3O)OC(CO)C(O)C2O)OC(CO)C(OC2OC(CO)C(O)C(O)C2O)C1O. The summed E-state index contributed by atoms with van der Waals surface area (Å²) < 4.78 is 107. The first-order chi connectivity index (χ1) is 55.5. The summed E-state index contributed by atoms with van der Waals surface area (Å²) in [5, 5.41) is 281. The van der Waals surface area contributed by atoms with Crippen LogP contribution in [0, 0.1) is 0 Å². The number of hydrogen-bond acceptors (Lipinski definition) is 47. The third-order valence-electron chi connectivity index (χ3n) is 20.9. The minimum Gasteiger partial charge on any atom is -0.394 e. The Balaban J connectivity index is 1.05. The van der Waals surface area contributed by atoms with Gasteiger partial charge < -0.3 is 229 Å². The van der Waals surface area contributed by atoms with Gasteiger partial charge in [0, 0.05) is 39.2 Å². The molecule has 45 unspecified atom stereocenters. The van der Waals surface area contributed by atoms with Gasteiger partial charge in [-0.2, -0.15) is 0 Å². The first kappa shape index (κ1) is 96.3. The van der Waals surface area contributed by atoms with Crippen LogP contribution < -0.4 is 21.3 Å². The number of carbonyl (C=O) groups is 4. The van der Waals surface area contributed by atoms with E-state index in [9.17, 15) is 142 Å². The van der Waals surface area contributed by atoms with Crippen molar-refractivity contribution in [3.05, 3.63) is 10.4 Å². The zero-order valence-corrected chi connectivity index (χ0v) is 62.8. The first-order valence-electron chi connectivity index (χ1n) is 37.1. The number of aliphatic hydroxyl groups is 24. The lowest BCUT2D eigenvalue weighted by atomic mass is 9.93. The lowest BCUT2D eigenvalue weighted by molar-refractivity contribution is -0.399. The fraction of sp³-hybridized carbons (Fsp3) is 0.938. The van der Waals surface area contributed by atoms with E-state index in [1.54, 1.807) is 0 Å². The van der Waals surface area contributed by atoms with Crippen LogP contribution in [0.4, 0.5) is 0 Å². The maximum atomic E-state index is 13.1. The highest BCUT2D eigenvalue weighted by atomic mass is 16.8. The van der Waals surface area contributed by atoms with Crippen molar-refractivity contribution >= 4 is 23.6 Å². The van der Waals surface area contributed by atoms with Crippen LogP contribution in [0.2, 0.25) is 0 Å². The molecule has 9 aliphatic rings. The number of hydrogen-bond donors (Lipinski definition) is 28. The Morgan fingerprint density at radius 1 is 0.282 bits per heavy atom. The van der Waals surface area contributed by atoms with Crippen molar-refractivity contribution in [2.45, 2.75) is 304 Å². The van der Waals surface area contributed by atoms with E-state index in [1.807, 2.05) is 0 Å². The normalized spacial score (nSPS) is 47.2. The van der Waals surface area contributed by atoms with E-state index < -0.39 is 359 Å². The summed E-state index contributed by atoms with van der Waals surface area (Å²) in [6.07, 6.45) is -85.0. The predicted molar refractivity (Wildman–Crippen MR) is 361 cm³/mol. The van der Waals surface area contributed by atoms with Crippen LogP contribution >= 0.6 is 0 Å². The van der Waals surface area contributed by atoms with Gasteiger partial charge in [-0.25, -0.2) is 0 Å². The largest absolute Gasteiger partial charge is 0.394 e. The molecule has 0 aliphatic carbocycles. The third-order valence-corrected chi connectivity index (χ3v) is 20.9. The second-order valence-corrected chi connectivity index (χ2v) is 29.0. The fourth-order valence-corrected chi connectivity index (χ4v) is 14.8. The molecule has 0 radical (unpaired) electrons. The van der Waals surface area contributed by atoms with Gasteiger partial charge in [-0.1, -0.05) is 5.11 Å². The summed E-state index contributed by atoms with van der Waals surface area (Å²) in [4.78, 5) is 54.1. The molecule has 53 heteroatoms. The van der Waals surface area contributed by atoms with Crippen molar-refractivity contribution in [2.75, 3.05) is 72.6 Å². The van der Waals surface area contributed by atoms with Crippen molar-refractivity contribution in [3.63, 3.8) is 0 Å². The summed E-state index contributed by atoms with van der Waals surface area (Å²) in [5.41, 5.74) is 8.79. The van der Waals surface area contributed by atoms with Crippen LogP contribution in [-0.2, 0) is 104 Å². The molecule has 0 saturated carbocycles. The van der Waals surface area contributed by atoms with Crippen LogP contribution in [-0.4, -0.2) is 495 Å². The first-order valence-corrected chi connectivity index (χ1v) is 37.1. The number of azide groups is 1. The number of aliphatic hydroxyl groups excluding tert-OH is 24. The molecule has 53 nitrogen and oxygen atoms in total. The fourth-order valence-electron chi connectivity index (χ4n) is 14.8. The number of carbonyl (C=O) groups excluding carboxylic acids is 4. The highest BCUT2D eigenvalue weighted by Crippen LogP contribution is 2.40. The Labute approximate surface area is 662 Å². The summed E-state index contributed by atoms with van der Waals surface area (Å²) in [5.74, 6) is -3.60. The van der Waals surface area contributed by atoms with Crippen molar-refractivity contribution in [1.29, 1.82) is 0 Å². The van der Waals surface area contributed by atoms with E-state index in [4.69, 9.17) is 90.8 Å². The van der Waals surface area contributed by atoms with Crippen LogP contribution in [0.3, 0.4) is 0 Å². The average molecular weight is 1710 g/mol. The van der Waals surface area contributed by atoms with Gasteiger partial charge in [0.1, 0.15) is 219 Å². The molecule has 0 aromatic rings. The van der Waals surface area contributed by atoms with Crippen LogP contribution in [0.1, 0.15) is 27.7 Å². The van der Waals surface area contributed by atoms with Gasteiger partial charge in [-0.15, -0.1) is 0 Å². The molecule has 9 aliphatic heterocycles. The molecule has 0 aromatic carbocycles. The Hall–Kier alpha value is -4.49. The van der Waals surface area contributed by atoms with E-state index in [1.165, 1.54) is 0 Å². The van der Waals surface area contributed by atoms with E-state index in [0.29, 0.717) is 0 Å². The van der Waals surface area contributed by atoms with E-state index >= 15 is 0 Å². The molecule has 674 valence electrons. The average Bonchev–Trinajstić information content (AvgIpc) is 0.768. The molecule has 9 heterocycles. The lowest BCUT2D eigenvalue weighted by Gasteiger charge is -2.51. The zero-order valence-electron chi connectivity index (χ0n) is 62.8. The quantitative estimate of drug-likeness (QED) is 0.0126. The third kappa shape index (κ3) is 22.0. The van der Waals surface area contributed by atoms with Gasteiger partial charge in [-0.05, 0) is 5.53 Å². The molecule has 117 heavy (non-hydrogen) atoms. The van der Waals surface area contributed by atoms with Crippen molar-refractivity contribution in [3.8, 4) is 0 Å². The monoisotopic (exact) mass is 1710 g/mol. The van der Waals surface area contributed by atoms with Gasteiger partial charge in [0.2, 0.25) is 23.6 Å². The predicted octanol–water partition coefficient (Wildman–Crippen LogP) is -18.7. The second-order valence-electron chi connectivity index (χ2n) is 29.0. The molecule has 9 saturated heterocycles. The molecule has 9 rings (SSSR count). The Bertz CT molecular complexity index is 3170. The lowest BCUT2D eigenvalue weighted by Crippen LogP contribution is -2.71. The molecule has 0 spiro atoms. The Morgan fingerprint density at radius 2 is 0.547 bits per heavy atom. The molecule has 45 atom stereocenters. The van der Waals surface area contributed by atoms with E-state index in [-0.39, 0.29) is 13.2 Å². The minimum absolute atomic E-state index is 0.268. The van der Waals surface area contributed by atoms with Crippen LogP contribution in [0.25, 0.3) is 10.4 Å². The van der Waals surface area contributed by atoms with Gasteiger partial charge >= 0.3 is 0 Å². The molecule has 9 fully saturated rings. The van der Waals surface area contributed by atoms with E-state index in [0.717, 1.165) is 27.7 Å². The molecule has 0 bridgehead atoms. The highest BCUT2D eigenvalue weighted by molar-refractivity contribution is 5.74. The summed E-state index contributed by atoms with van der Waals surface area (Å²) in [7, 11) is 0. The smallest absolute Gasteiger partial charge is 0.217 e. The number of amides is 4. The molecule has 4 amide bonds. The standard InChI is InChI=1S/C64H107N7O46/c1-16(80)67-29-38(89)49(24(11-76)106-56(29)100-6-5-66-71-65)111-57-30(68-17(2)81)39(90)52(27(14-79)107-57)114-62-48(99)53(115-64-55(45(96)36(87)23(10-75)105-64)117-59-32(70-19(4)83)41(92)51(26(13-78)109-59)113-61-47(98)43(94)34(85)21(8-73)103-61)37(88)28(110-62)15-101-63-54(44(95)35(86)22(9-74)104-63)116-58-31(69-18(3)82)40(91)50(25(12-77)108-58)112-60-46(97)42(93)33(84)20(7-72)102-60/h20-64,72-79,84-99H,5-15H2,1-4H3,(H,67,80)(H,68,81)(H,69,82)(H,70,83). The topological polar surface area (TPSA) is 817 Å². The van der Waals surface area contributed by atoms with Crippen molar-refractivity contribution in [1.82, 2.24) is 21.3 Å². The molecule has 0 aromatic heterocycles. The summed E-state index contributed by atoms with van der Waals surface area (Å²) >= 11 is 0. The van der Waals surface area contributed by atoms with Gasteiger partial charge in [0.05, 0.1) is 66.1 Å². The number of nitrogens with zero attached hydrogens (tertiary/aromatic N) is 3. The Morgan fingerprint density at radius 3 is 0.889 bits per heavy atom. The Kier molecular flexibility index (Phi) is 35.6. The number of ether oxygens (including phenoxy) is 18. The van der Waals surface area contributed by atoms with E-state index in [2.05, 4.69) is 31.3 Å². The second kappa shape index (κ2) is 43.2. The van der Waals surface area contributed by atoms with Gasteiger partial charge in [0.15, 0.2) is 56.6 Å². The molecular weight excluding hydrogens is 1600 g/mol. The van der Waals surface area contributed by atoms with Crippen LogP contribution in [0.5, 0.6) is 0 Å². The van der Waals surface area contributed by atoms with Gasteiger partial charge in [-0.3, -0.25) is 19.2 Å². The zero-order chi connectivity index (χ0) is 86.0. The van der Waals surface area contributed by atoms with Gasteiger partial charge in [0.25, 0.3) is 0 Å². The summed E-state index contributed by atoms with van der Waals surface area (Å²) in [6, 6.07) is -7.35. The van der Waals surface area contributed by atoms with Crippen LogP contribution in [0.15, 0.2) is 5.11 Å².